The molecule has 0 aromatic heterocycles. The molecule has 1 aliphatic carbocycles. The fourth-order valence-corrected chi connectivity index (χ4v) is 4.86. The molecule has 1 saturated heterocycles. The monoisotopic (exact) mass is 339 g/mol. The minimum absolute atomic E-state index is 0.124. The van der Waals surface area contributed by atoms with Crippen molar-refractivity contribution in [3.63, 3.8) is 0 Å². The molecule has 4 heteroatoms. The first kappa shape index (κ1) is 16.6. The molecule has 0 radical (unpaired) electrons. The zero-order valence-electron chi connectivity index (χ0n) is 14.5. The number of likely N-dealkylation sites (tertiary alicyclic amines) is 1. The number of ether oxygens (including phenoxy) is 1. The normalized spacial score (nSPS) is 31.4. The van der Waals surface area contributed by atoms with Crippen molar-refractivity contribution in [1.82, 2.24) is 4.90 Å². The zero-order chi connectivity index (χ0) is 17.4. The van der Waals surface area contributed by atoms with Crippen LogP contribution in [0.25, 0.3) is 0 Å². The van der Waals surface area contributed by atoms with Crippen LogP contribution >= 0.6 is 0 Å². The average Bonchev–Trinajstić information content (AvgIpc) is 3.19. The zero-order valence-corrected chi connectivity index (χ0v) is 14.5. The number of hydrogen-bond acceptors (Lipinski definition) is 4. The Morgan fingerprint density at radius 1 is 1.12 bits per heavy atom. The second-order valence-electron chi connectivity index (χ2n) is 7.29. The van der Waals surface area contributed by atoms with Crippen molar-refractivity contribution in [3.05, 3.63) is 65.7 Å². The summed E-state index contributed by atoms with van der Waals surface area (Å²) in [6.07, 6.45) is -0.412. The topological polar surface area (TPSA) is 52.9 Å². The van der Waals surface area contributed by atoms with Crippen LogP contribution in [0.4, 0.5) is 0 Å². The lowest BCUT2D eigenvalue weighted by Crippen LogP contribution is -2.23. The van der Waals surface area contributed by atoms with Crippen LogP contribution in [0.1, 0.15) is 17.0 Å². The van der Waals surface area contributed by atoms with Gasteiger partial charge in [-0.1, -0.05) is 48.5 Å². The minimum atomic E-state index is -0.412. The highest BCUT2D eigenvalue weighted by molar-refractivity contribution is 5.37. The van der Waals surface area contributed by atoms with E-state index in [-0.39, 0.29) is 23.9 Å². The van der Waals surface area contributed by atoms with Gasteiger partial charge in [-0.05, 0) is 23.5 Å². The van der Waals surface area contributed by atoms with Gasteiger partial charge in [-0.3, -0.25) is 4.90 Å². The highest BCUT2D eigenvalue weighted by Crippen LogP contribution is 2.68. The van der Waals surface area contributed by atoms with Crippen LogP contribution in [0, 0.1) is 11.3 Å². The first-order chi connectivity index (χ1) is 12.2. The van der Waals surface area contributed by atoms with E-state index < -0.39 is 6.10 Å². The van der Waals surface area contributed by atoms with Crippen molar-refractivity contribution in [2.45, 2.75) is 18.6 Å². The number of hydrogen-bond donors (Lipinski definition) is 2. The van der Waals surface area contributed by atoms with Crippen LogP contribution in [0.3, 0.4) is 0 Å². The van der Waals surface area contributed by atoms with Gasteiger partial charge in [0.15, 0.2) is 0 Å². The summed E-state index contributed by atoms with van der Waals surface area (Å²) < 4.78 is 5.45. The van der Waals surface area contributed by atoms with Crippen molar-refractivity contribution >= 4 is 0 Å². The Balaban J connectivity index is 1.55. The van der Waals surface area contributed by atoms with Gasteiger partial charge < -0.3 is 14.9 Å². The summed E-state index contributed by atoms with van der Waals surface area (Å²) >= 11 is 0. The number of aliphatic hydroxyl groups excluding tert-OH is 2. The van der Waals surface area contributed by atoms with E-state index in [1.807, 2.05) is 36.4 Å². The largest absolute Gasteiger partial charge is 0.496 e. The second-order valence-corrected chi connectivity index (χ2v) is 7.29. The van der Waals surface area contributed by atoms with Crippen LogP contribution in [-0.2, 0) is 6.54 Å². The Morgan fingerprint density at radius 3 is 2.56 bits per heavy atom. The SMILES string of the molecule is COc1ccccc1CN1C[C@@H](O)[C@@]2(C1)[C@H](CO)[C@H]2c1ccccc1. The van der Waals surface area contributed by atoms with E-state index in [1.54, 1.807) is 7.11 Å². The van der Waals surface area contributed by atoms with Gasteiger partial charge >= 0.3 is 0 Å². The molecule has 4 atom stereocenters. The number of nitrogens with zero attached hydrogens (tertiary/aromatic N) is 1. The lowest BCUT2D eigenvalue weighted by molar-refractivity contribution is 0.111. The van der Waals surface area contributed by atoms with Gasteiger partial charge in [-0.15, -0.1) is 0 Å². The Labute approximate surface area is 148 Å². The predicted molar refractivity (Wildman–Crippen MR) is 96.5 cm³/mol. The van der Waals surface area contributed by atoms with Gasteiger partial charge in [0.2, 0.25) is 0 Å². The highest BCUT2D eigenvalue weighted by atomic mass is 16.5. The maximum Gasteiger partial charge on any atom is 0.123 e. The molecule has 4 rings (SSSR count). The van der Waals surface area contributed by atoms with Crippen molar-refractivity contribution in [2.75, 3.05) is 26.8 Å². The number of methoxy groups -OCH3 is 1. The quantitative estimate of drug-likeness (QED) is 0.877. The predicted octanol–water partition coefficient (Wildman–Crippen LogP) is 2.26. The third-order valence-electron chi connectivity index (χ3n) is 6.05. The highest BCUT2D eigenvalue weighted by Gasteiger charge is 2.70. The standard InChI is InChI=1S/C21H25NO3/c1-25-18-10-6-5-9-16(18)11-22-12-19(24)21(14-22)17(13-23)20(21)15-7-3-2-4-8-15/h2-10,17,19-20,23-24H,11-14H2,1H3/t17-,19-,20-,21-/m1/s1. The van der Waals surface area contributed by atoms with Gasteiger partial charge in [0.05, 0.1) is 13.2 Å². The summed E-state index contributed by atoms with van der Waals surface area (Å²) in [4.78, 5) is 2.29. The van der Waals surface area contributed by atoms with E-state index in [4.69, 9.17) is 4.74 Å². The third kappa shape index (κ3) is 2.65. The molecular weight excluding hydrogens is 314 g/mol. The molecule has 2 aromatic carbocycles. The van der Waals surface area contributed by atoms with E-state index in [0.29, 0.717) is 6.54 Å². The number of benzene rings is 2. The number of para-hydroxylation sites is 1. The summed E-state index contributed by atoms with van der Waals surface area (Å²) in [5.74, 6) is 1.25. The summed E-state index contributed by atoms with van der Waals surface area (Å²) in [6.45, 7) is 2.32. The maximum atomic E-state index is 10.8. The molecule has 1 spiro atoms. The summed E-state index contributed by atoms with van der Waals surface area (Å²) in [5.41, 5.74) is 2.13. The van der Waals surface area contributed by atoms with Crippen LogP contribution in [0.5, 0.6) is 5.75 Å². The molecule has 2 aromatic rings. The van der Waals surface area contributed by atoms with Gasteiger partial charge in [0, 0.05) is 37.2 Å². The summed E-state index contributed by atoms with van der Waals surface area (Å²) in [6, 6.07) is 18.3. The summed E-state index contributed by atoms with van der Waals surface area (Å²) in [7, 11) is 1.69. The molecular formula is C21H25NO3. The first-order valence-corrected chi connectivity index (χ1v) is 8.89. The fraction of sp³-hybridized carbons (Fsp3) is 0.429. The molecule has 0 bridgehead atoms. The van der Waals surface area contributed by atoms with Gasteiger partial charge in [0.25, 0.3) is 0 Å². The van der Waals surface area contributed by atoms with Crippen molar-refractivity contribution in [1.29, 1.82) is 0 Å². The van der Waals surface area contributed by atoms with Gasteiger partial charge in [-0.2, -0.15) is 0 Å². The van der Waals surface area contributed by atoms with E-state index in [2.05, 4.69) is 23.1 Å². The molecule has 132 valence electrons. The molecule has 1 heterocycles. The molecule has 2 aliphatic rings. The molecule has 1 saturated carbocycles. The lowest BCUT2D eigenvalue weighted by Gasteiger charge is -2.18. The second kappa shape index (κ2) is 6.45. The van der Waals surface area contributed by atoms with Crippen LogP contribution in [0.2, 0.25) is 0 Å². The molecule has 2 fully saturated rings. The fourth-order valence-electron chi connectivity index (χ4n) is 4.86. The first-order valence-electron chi connectivity index (χ1n) is 8.89. The molecule has 1 aliphatic heterocycles. The molecule has 25 heavy (non-hydrogen) atoms. The van der Waals surface area contributed by atoms with Crippen molar-refractivity contribution in [2.24, 2.45) is 11.3 Å². The van der Waals surface area contributed by atoms with Crippen LogP contribution in [-0.4, -0.2) is 48.0 Å². The van der Waals surface area contributed by atoms with E-state index >= 15 is 0 Å². The smallest absolute Gasteiger partial charge is 0.123 e. The Hall–Kier alpha value is -1.88. The van der Waals surface area contributed by atoms with E-state index in [1.165, 1.54) is 5.56 Å². The number of rotatable bonds is 5. The Morgan fingerprint density at radius 2 is 1.84 bits per heavy atom. The van der Waals surface area contributed by atoms with Crippen LogP contribution < -0.4 is 4.74 Å². The maximum absolute atomic E-state index is 10.8. The third-order valence-corrected chi connectivity index (χ3v) is 6.05. The number of aliphatic hydroxyl groups is 2. The average molecular weight is 339 g/mol. The van der Waals surface area contributed by atoms with Gasteiger partial charge in [0.1, 0.15) is 5.75 Å². The van der Waals surface area contributed by atoms with Crippen molar-refractivity contribution < 1.29 is 14.9 Å². The van der Waals surface area contributed by atoms with E-state index in [0.717, 1.165) is 24.4 Å². The van der Waals surface area contributed by atoms with E-state index in [9.17, 15) is 10.2 Å². The molecule has 2 N–H and O–H groups in total. The van der Waals surface area contributed by atoms with Gasteiger partial charge in [-0.25, -0.2) is 0 Å². The number of β-amino-alcohol motifs (C(OH)–C–C–N with tert-alkyl or cyclic N) is 1. The Bertz CT molecular complexity index is 735. The summed E-state index contributed by atoms with van der Waals surface area (Å²) in [5, 5.41) is 20.7. The Kier molecular flexibility index (Phi) is 4.28. The molecule has 4 nitrogen and oxygen atoms in total. The lowest BCUT2D eigenvalue weighted by atomic mass is 9.95. The molecule has 0 unspecified atom stereocenters. The van der Waals surface area contributed by atoms with Crippen LogP contribution in [0.15, 0.2) is 54.6 Å². The van der Waals surface area contributed by atoms with Crippen molar-refractivity contribution in [3.8, 4) is 5.75 Å². The molecule has 0 amide bonds. The minimum Gasteiger partial charge on any atom is -0.496 e.